The Morgan fingerprint density at radius 2 is 1.31 bits per heavy atom. The Kier molecular flexibility index (Phi) is 6.50. The largest absolute Gasteiger partial charge is 0.313 e. The molecule has 9 rings (SSSR count). The van der Waals surface area contributed by atoms with Crippen LogP contribution in [0.3, 0.4) is 0 Å². The lowest BCUT2D eigenvalue weighted by Crippen LogP contribution is -2.48. The third kappa shape index (κ3) is 4.32. The Balaban J connectivity index is 1.13. The molecule has 0 spiro atoms. The van der Waals surface area contributed by atoms with E-state index in [1.807, 2.05) is 0 Å². The Morgan fingerprint density at radius 3 is 2.06 bits per heavy atom. The summed E-state index contributed by atoms with van der Waals surface area (Å²) in [4.78, 5) is 4.98. The standard InChI is InChI=1S/C46H42N2/c1-45(2)38-18-11-12-21-42(38)48-43-27-25-34(30-41(43)46(3,4)40-20-13-19-39(45)44(40)48)31-22-23-33-29-37(26-24-32(33)28-31)47(35-14-7-5-8-15-35)36-16-9-6-10-17-36/h5-10,12-17,19,21-30,40H,11,18,20H2,1-4H3. The Labute approximate surface area is 285 Å². The maximum atomic E-state index is 2.65. The Morgan fingerprint density at radius 1 is 0.646 bits per heavy atom. The highest BCUT2D eigenvalue weighted by atomic mass is 15.2. The topological polar surface area (TPSA) is 6.48 Å². The van der Waals surface area contributed by atoms with E-state index in [0.29, 0.717) is 5.92 Å². The van der Waals surface area contributed by atoms with E-state index in [1.54, 1.807) is 5.57 Å². The minimum absolute atomic E-state index is 0.00377. The fraction of sp³-hybridized carbons (Fsp3) is 0.217. The molecule has 48 heavy (non-hydrogen) atoms. The molecule has 2 aliphatic heterocycles. The van der Waals surface area contributed by atoms with E-state index >= 15 is 0 Å². The first-order chi connectivity index (χ1) is 23.3. The van der Waals surface area contributed by atoms with Gasteiger partial charge in [0.05, 0.1) is 0 Å². The molecule has 2 heteroatoms. The highest BCUT2D eigenvalue weighted by Crippen LogP contribution is 2.60. The second-order valence-corrected chi connectivity index (χ2v) is 15.0. The number of anilines is 4. The van der Waals surface area contributed by atoms with Crippen LogP contribution in [-0.4, -0.2) is 0 Å². The van der Waals surface area contributed by atoms with E-state index in [-0.39, 0.29) is 10.8 Å². The summed E-state index contributed by atoms with van der Waals surface area (Å²) >= 11 is 0. The fourth-order valence-electron chi connectivity index (χ4n) is 8.96. The maximum Gasteiger partial charge on any atom is 0.0496 e. The van der Waals surface area contributed by atoms with E-state index in [0.717, 1.165) is 36.3 Å². The lowest BCUT2D eigenvalue weighted by Gasteiger charge is -2.55. The average Bonchev–Trinajstić information content (AvgIpc) is 3.12. The molecule has 0 fully saturated rings. The number of nitrogens with zero attached hydrogens (tertiary/aromatic N) is 2. The van der Waals surface area contributed by atoms with Crippen LogP contribution in [0.15, 0.2) is 162 Å². The summed E-state index contributed by atoms with van der Waals surface area (Å²) in [5.74, 6) is 0.441. The van der Waals surface area contributed by atoms with Crippen molar-refractivity contribution in [1.82, 2.24) is 0 Å². The Bertz CT molecular complexity index is 2170. The van der Waals surface area contributed by atoms with Gasteiger partial charge < -0.3 is 9.80 Å². The molecule has 0 saturated heterocycles. The molecule has 1 unspecified atom stereocenters. The van der Waals surface area contributed by atoms with Crippen molar-refractivity contribution in [3.05, 3.63) is 168 Å². The summed E-state index contributed by atoms with van der Waals surface area (Å²) in [6.45, 7) is 9.84. The predicted molar refractivity (Wildman–Crippen MR) is 203 cm³/mol. The highest BCUT2D eigenvalue weighted by Gasteiger charge is 2.50. The minimum atomic E-state index is 0.00377. The highest BCUT2D eigenvalue weighted by molar-refractivity contribution is 5.92. The third-order valence-electron chi connectivity index (χ3n) is 11.6. The summed E-state index contributed by atoms with van der Waals surface area (Å²) in [6.07, 6.45) is 13.0. The van der Waals surface area contributed by atoms with Gasteiger partial charge in [-0.05, 0) is 119 Å². The molecule has 0 bridgehead atoms. The monoisotopic (exact) mass is 622 g/mol. The normalized spacial score (nSPS) is 20.0. The molecule has 1 atom stereocenters. The van der Waals surface area contributed by atoms with Crippen LogP contribution in [0.1, 0.15) is 52.5 Å². The van der Waals surface area contributed by atoms with Crippen molar-refractivity contribution in [2.24, 2.45) is 11.3 Å². The first kappa shape index (κ1) is 29.1. The van der Waals surface area contributed by atoms with Crippen LogP contribution in [0.5, 0.6) is 0 Å². The fourth-order valence-corrected chi connectivity index (χ4v) is 8.96. The van der Waals surface area contributed by atoms with Crippen molar-refractivity contribution in [3.8, 4) is 11.1 Å². The zero-order valence-corrected chi connectivity index (χ0v) is 28.4. The summed E-state index contributed by atoms with van der Waals surface area (Å²) < 4.78 is 0. The summed E-state index contributed by atoms with van der Waals surface area (Å²) in [7, 11) is 0. The Hall–Kier alpha value is -5.08. The summed E-state index contributed by atoms with van der Waals surface area (Å²) in [6, 6.07) is 42.3. The molecule has 0 radical (unpaired) electrons. The third-order valence-corrected chi connectivity index (χ3v) is 11.6. The number of allylic oxidation sites excluding steroid dienone is 7. The lowest BCUT2D eigenvalue weighted by molar-refractivity contribution is 0.330. The smallest absolute Gasteiger partial charge is 0.0496 e. The van der Waals surface area contributed by atoms with E-state index in [1.165, 1.54) is 50.1 Å². The summed E-state index contributed by atoms with van der Waals surface area (Å²) in [5.41, 5.74) is 14.9. The minimum Gasteiger partial charge on any atom is -0.313 e. The number of benzene rings is 5. The van der Waals surface area contributed by atoms with Gasteiger partial charge in [0.2, 0.25) is 0 Å². The number of rotatable bonds is 4. The van der Waals surface area contributed by atoms with E-state index in [9.17, 15) is 0 Å². The zero-order chi connectivity index (χ0) is 32.6. The van der Waals surface area contributed by atoms with Crippen molar-refractivity contribution >= 4 is 33.5 Å². The van der Waals surface area contributed by atoms with Crippen molar-refractivity contribution in [2.75, 3.05) is 9.80 Å². The second-order valence-electron chi connectivity index (χ2n) is 15.0. The van der Waals surface area contributed by atoms with Crippen LogP contribution in [0, 0.1) is 11.3 Å². The molecular formula is C46H42N2. The number of hydrogen-bond acceptors (Lipinski definition) is 2. The van der Waals surface area contributed by atoms with Gasteiger partial charge in [-0.25, -0.2) is 0 Å². The van der Waals surface area contributed by atoms with E-state index in [4.69, 9.17) is 0 Å². The quantitative estimate of drug-likeness (QED) is 0.197. The van der Waals surface area contributed by atoms with Crippen molar-refractivity contribution in [1.29, 1.82) is 0 Å². The average molecular weight is 623 g/mol. The molecule has 236 valence electrons. The van der Waals surface area contributed by atoms with Gasteiger partial charge in [-0.1, -0.05) is 107 Å². The van der Waals surface area contributed by atoms with Crippen molar-refractivity contribution in [2.45, 2.75) is 52.4 Å². The van der Waals surface area contributed by atoms with Crippen LogP contribution in [-0.2, 0) is 5.41 Å². The molecule has 0 N–H and O–H groups in total. The molecule has 2 heterocycles. The molecular weight excluding hydrogens is 581 g/mol. The zero-order valence-electron chi connectivity index (χ0n) is 28.4. The molecule has 4 aliphatic rings. The summed E-state index contributed by atoms with van der Waals surface area (Å²) in [5, 5.41) is 2.49. The number of fused-ring (bicyclic) bond motifs is 4. The van der Waals surface area contributed by atoms with Gasteiger partial charge in [0.25, 0.3) is 0 Å². The molecule has 5 aromatic rings. The van der Waals surface area contributed by atoms with Gasteiger partial charge in [0, 0.05) is 50.9 Å². The van der Waals surface area contributed by atoms with Gasteiger partial charge in [0.1, 0.15) is 0 Å². The predicted octanol–water partition coefficient (Wildman–Crippen LogP) is 12.5. The van der Waals surface area contributed by atoms with E-state index < -0.39 is 0 Å². The molecule has 2 aliphatic carbocycles. The first-order valence-corrected chi connectivity index (χ1v) is 17.5. The first-order valence-electron chi connectivity index (χ1n) is 17.5. The SMILES string of the molecule is CC1(C)C2=C3C(CC=C2)C(C)(C)c2cc(-c4ccc5cc(N(c6ccccc6)c6ccccc6)ccc5c4)ccc2N3C2=C1CCC=C2. The second kappa shape index (κ2) is 10.7. The van der Waals surface area contributed by atoms with Crippen LogP contribution in [0.25, 0.3) is 21.9 Å². The molecule has 0 saturated carbocycles. The van der Waals surface area contributed by atoms with Gasteiger partial charge in [0.15, 0.2) is 0 Å². The van der Waals surface area contributed by atoms with Gasteiger partial charge in [-0.3, -0.25) is 0 Å². The van der Waals surface area contributed by atoms with Gasteiger partial charge in [-0.2, -0.15) is 0 Å². The van der Waals surface area contributed by atoms with Crippen LogP contribution in [0.2, 0.25) is 0 Å². The van der Waals surface area contributed by atoms with Crippen LogP contribution in [0.4, 0.5) is 22.7 Å². The van der Waals surface area contributed by atoms with Crippen molar-refractivity contribution < 1.29 is 0 Å². The van der Waals surface area contributed by atoms with Crippen molar-refractivity contribution in [3.63, 3.8) is 0 Å². The van der Waals surface area contributed by atoms with Crippen LogP contribution < -0.4 is 9.80 Å². The van der Waals surface area contributed by atoms with Crippen LogP contribution >= 0.6 is 0 Å². The molecule has 5 aromatic carbocycles. The maximum absolute atomic E-state index is 2.65. The number of hydrogen-bond donors (Lipinski definition) is 0. The molecule has 2 nitrogen and oxygen atoms in total. The van der Waals surface area contributed by atoms with E-state index in [2.05, 4.69) is 177 Å². The number of para-hydroxylation sites is 2. The molecule has 0 amide bonds. The van der Waals surface area contributed by atoms with Gasteiger partial charge in [-0.15, -0.1) is 0 Å². The molecule has 0 aromatic heterocycles. The lowest BCUT2D eigenvalue weighted by atomic mass is 9.59. The van der Waals surface area contributed by atoms with Gasteiger partial charge >= 0.3 is 0 Å².